The minimum absolute atomic E-state index is 0.0171. The predicted molar refractivity (Wildman–Crippen MR) is 130 cm³/mol. The Morgan fingerprint density at radius 3 is 2.88 bits per heavy atom. The van der Waals surface area contributed by atoms with Gasteiger partial charge in [0.25, 0.3) is 5.91 Å². The number of nitrogens with zero attached hydrogens (tertiary/aromatic N) is 3. The van der Waals surface area contributed by atoms with Crippen LogP contribution in [-0.4, -0.2) is 69.9 Å². The van der Waals surface area contributed by atoms with Crippen LogP contribution in [0.25, 0.3) is 27.0 Å². The number of aromatic amines is 1. The van der Waals surface area contributed by atoms with Gasteiger partial charge in [0, 0.05) is 42.1 Å². The summed E-state index contributed by atoms with van der Waals surface area (Å²) in [7, 11) is 0. The lowest BCUT2D eigenvalue weighted by atomic mass is 9.81. The molecular weight excluding hydrogens is 476 g/mol. The highest BCUT2D eigenvalue weighted by Gasteiger charge is 2.39. The number of H-pyrrole nitrogens is 1. The highest BCUT2D eigenvalue weighted by atomic mass is 35.5. The van der Waals surface area contributed by atoms with Crippen LogP contribution in [0.5, 0.6) is 0 Å². The second-order valence-electron chi connectivity index (χ2n) is 9.04. The summed E-state index contributed by atoms with van der Waals surface area (Å²) in [5.41, 5.74) is 2.94. The minimum atomic E-state index is -0.796. The number of aliphatic hydroxyl groups is 1. The summed E-state index contributed by atoms with van der Waals surface area (Å²) in [6.45, 7) is 2.47. The predicted octanol–water partition coefficient (Wildman–Crippen LogP) is 3.74. The molecule has 1 atom stereocenters. The van der Waals surface area contributed by atoms with Crippen molar-refractivity contribution in [2.75, 3.05) is 32.9 Å². The SMILES string of the molecule is O=C(C1COCCO1)N1CC=C(c2cc3c(-c4cnc(C5(O)CCC5)s4)c(Cl)cnc3[nH]2)CC1. The molecule has 3 aromatic heterocycles. The molecule has 34 heavy (non-hydrogen) atoms. The van der Waals surface area contributed by atoms with Gasteiger partial charge in [-0.1, -0.05) is 17.7 Å². The Morgan fingerprint density at radius 1 is 1.29 bits per heavy atom. The van der Waals surface area contributed by atoms with E-state index >= 15 is 0 Å². The van der Waals surface area contributed by atoms with Gasteiger partial charge < -0.3 is 24.5 Å². The molecule has 6 rings (SSSR count). The normalized spacial score (nSPS) is 22.5. The molecule has 0 radical (unpaired) electrons. The molecule has 178 valence electrons. The van der Waals surface area contributed by atoms with Gasteiger partial charge in [0.15, 0.2) is 6.10 Å². The van der Waals surface area contributed by atoms with E-state index in [-0.39, 0.29) is 5.91 Å². The molecule has 2 N–H and O–H groups in total. The fourth-order valence-electron chi connectivity index (χ4n) is 4.75. The number of ether oxygens (including phenoxy) is 2. The number of aromatic nitrogens is 3. The Morgan fingerprint density at radius 2 is 2.18 bits per heavy atom. The van der Waals surface area contributed by atoms with E-state index in [4.69, 9.17) is 21.1 Å². The number of hydrogen-bond donors (Lipinski definition) is 2. The molecule has 0 spiro atoms. The Kier molecular flexibility index (Phi) is 5.69. The van der Waals surface area contributed by atoms with Crippen LogP contribution in [0.4, 0.5) is 0 Å². The molecule has 2 aliphatic heterocycles. The number of rotatable bonds is 4. The molecule has 0 aromatic carbocycles. The number of carbonyl (C=O) groups excluding carboxylic acids is 1. The number of halogens is 1. The van der Waals surface area contributed by atoms with Crippen molar-refractivity contribution in [1.82, 2.24) is 19.9 Å². The van der Waals surface area contributed by atoms with Gasteiger partial charge in [-0.3, -0.25) is 4.79 Å². The lowest BCUT2D eigenvalue weighted by Crippen LogP contribution is -2.46. The van der Waals surface area contributed by atoms with Crippen molar-refractivity contribution in [3.8, 4) is 10.4 Å². The van der Waals surface area contributed by atoms with Gasteiger partial charge in [-0.05, 0) is 37.3 Å². The molecular formula is C24H25ClN4O4S. The summed E-state index contributed by atoms with van der Waals surface area (Å²) in [4.78, 5) is 27.9. The summed E-state index contributed by atoms with van der Waals surface area (Å²) in [5, 5.41) is 12.9. The molecule has 1 unspecified atom stereocenters. The molecule has 5 heterocycles. The third kappa shape index (κ3) is 3.85. The topological polar surface area (TPSA) is 101 Å². The van der Waals surface area contributed by atoms with Gasteiger partial charge in [-0.2, -0.15) is 0 Å². The standard InChI is InChI=1S/C24H25ClN4O4S/c25-16-11-26-21-15(20(16)19-12-27-23(34-19)24(31)4-1-5-24)10-17(28-21)14-2-6-29(7-3-14)22(30)18-13-32-8-9-33-18/h2,10-12,18,31H,1,3-9,13H2,(H,26,28). The Labute approximate surface area is 205 Å². The average molecular weight is 501 g/mol. The van der Waals surface area contributed by atoms with Crippen molar-refractivity contribution in [2.45, 2.75) is 37.4 Å². The zero-order valence-electron chi connectivity index (χ0n) is 18.6. The van der Waals surface area contributed by atoms with E-state index in [1.165, 1.54) is 11.3 Å². The largest absolute Gasteiger partial charge is 0.383 e. The second-order valence-corrected chi connectivity index (χ2v) is 10.5. The number of fused-ring (bicyclic) bond motifs is 1. The first-order valence-electron chi connectivity index (χ1n) is 11.6. The maximum absolute atomic E-state index is 12.7. The molecule has 3 aliphatic rings. The highest BCUT2D eigenvalue weighted by Crippen LogP contribution is 2.46. The van der Waals surface area contributed by atoms with Crippen molar-refractivity contribution in [1.29, 1.82) is 0 Å². The smallest absolute Gasteiger partial charge is 0.254 e. The second kappa shape index (κ2) is 8.73. The van der Waals surface area contributed by atoms with Gasteiger partial charge in [-0.25, -0.2) is 9.97 Å². The van der Waals surface area contributed by atoms with Crippen molar-refractivity contribution < 1.29 is 19.4 Å². The van der Waals surface area contributed by atoms with Crippen LogP contribution in [0.15, 0.2) is 24.5 Å². The van der Waals surface area contributed by atoms with Gasteiger partial charge >= 0.3 is 0 Å². The first-order chi connectivity index (χ1) is 16.5. The Balaban J connectivity index is 1.26. The van der Waals surface area contributed by atoms with Gasteiger partial charge in [0.1, 0.15) is 16.3 Å². The lowest BCUT2D eigenvalue weighted by molar-refractivity contribution is -0.157. The maximum Gasteiger partial charge on any atom is 0.254 e. The number of carbonyl (C=O) groups is 1. The van der Waals surface area contributed by atoms with E-state index in [9.17, 15) is 9.90 Å². The summed E-state index contributed by atoms with van der Waals surface area (Å²) < 4.78 is 10.9. The minimum Gasteiger partial charge on any atom is -0.383 e. The summed E-state index contributed by atoms with van der Waals surface area (Å²) in [5.74, 6) is -0.0171. The van der Waals surface area contributed by atoms with E-state index in [1.807, 2.05) is 4.90 Å². The molecule has 1 saturated heterocycles. The molecule has 10 heteroatoms. The molecule has 8 nitrogen and oxygen atoms in total. The summed E-state index contributed by atoms with van der Waals surface area (Å²) >= 11 is 8.08. The van der Waals surface area contributed by atoms with Gasteiger partial charge in [0.05, 0.1) is 29.7 Å². The maximum atomic E-state index is 12.7. The molecule has 2 fully saturated rings. The molecule has 1 aliphatic carbocycles. The molecule has 3 aromatic rings. The van der Waals surface area contributed by atoms with Crippen LogP contribution >= 0.6 is 22.9 Å². The van der Waals surface area contributed by atoms with Gasteiger partial charge in [-0.15, -0.1) is 11.3 Å². The Bertz CT molecular complexity index is 1280. The molecule has 1 amide bonds. The number of pyridine rings is 1. The van der Waals surface area contributed by atoms with Crippen LogP contribution < -0.4 is 0 Å². The Hall–Kier alpha value is -2.30. The number of amides is 1. The fraction of sp³-hybridized carbons (Fsp3) is 0.458. The third-order valence-electron chi connectivity index (χ3n) is 6.90. The van der Waals surface area contributed by atoms with Crippen molar-refractivity contribution in [2.24, 2.45) is 0 Å². The summed E-state index contributed by atoms with van der Waals surface area (Å²) in [6, 6.07) is 2.07. The number of nitrogens with one attached hydrogen (secondary N) is 1. The van der Waals surface area contributed by atoms with E-state index in [2.05, 4.69) is 27.1 Å². The van der Waals surface area contributed by atoms with Crippen LogP contribution in [0.3, 0.4) is 0 Å². The number of thiazole rings is 1. The number of hydrogen-bond acceptors (Lipinski definition) is 7. The van der Waals surface area contributed by atoms with E-state index in [1.54, 1.807) is 12.4 Å². The van der Waals surface area contributed by atoms with Crippen molar-refractivity contribution in [3.63, 3.8) is 0 Å². The van der Waals surface area contributed by atoms with E-state index < -0.39 is 11.7 Å². The monoisotopic (exact) mass is 500 g/mol. The van der Waals surface area contributed by atoms with Crippen molar-refractivity contribution in [3.05, 3.63) is 40.3 Å². The highest BCUT2D eigenvalue weighted by molar-refractivity contribution is 7.15. The van der Waals surface area contributed by atoms with Crippen molar-refractivity contribution >= 4 is 45.5 Å². The van der Waals surface area contributed by atoms with E-state index in [0.717, 1.165) is 63.4 Å². The van der Waals surface area contributed by atoms with Crippen LogP contribution in [-0.2, 0) is 19.9 Å². The molecule has 1 saturated carbocycles. The summed E-state index contributed by atoms with van der Waals surface area (Å²) in [6.07, 6.45) is 8.27. The fourth-order valence-corrected chi connectivity index (χ4v) is 6.20. The van der Waals surface area contributed by atoms with Gasteiger partial charge in [0.2, 0.25) is 0 Å². The third-order valence-corrected chi connectivity index (χ3v) is 8.40. The van der Waals surface area contributed by atoms with Crippen LogP contribution in [0.2, 0.25) is 5.02 Å². The molecule has 0 bridgehead atoms. The van der Waals surface area contributed by atoms with E-state index in [0.29, 0.717) is 37.9 Å². The zero-order valence-corrected chi connectivity index (χ0v) is 20.1. The van der Waals surface area contributed by atoms with Crippen LogP contribution in [0.1, 0.15) is 36.4 Å². The zero-order chi connectivity index (χ0) is 23.3. The lowest BCUT2D eigenvalue weighted by Gasteiger charge is -2.34. The first-order valence-corrected chi connectivity index (χ1v) is 12.8. The quantitative estimate of drug-likeness (QED) is 0.566. The average Bonchev–Trinajstić information content (AvgIpc) is 3.51. The first kappa shape index (κ1) is 22.2. The van der Waals surface area contributed by atoms with Crippen LogP contribution in [0, 0.1) is 0 Å².